The summed E-state index contributed by atoms with van der Waals surface area (Å²) in [4.78, 5) is 27.8. The normalized spacial score (nSPS) is 12.1. The Morgan fingerprint density at radius 2 is 2.10 bits per heavy atom. The van der Waals surface area contributed by atoms with Crippen LogP contribution in [0.15, 0.2) is 16.9 Å². The van der Waals surface area contributed by atoms with E-state index in [0.717, 1.165) is 6.20 Å². The van der Waals surface area contributed by atoms with Gasteiger partial charge in [0.1, 0.15) is 17.9 Å². The molecule has 0 aromatic carbocycles. The molecular weight excluding hydrogens is 330 g/mol. The highest BCUT2D eigenvalue weighted by Gasteiger charge is 2.32. The topological polar surface area (TPSA) is 85.6 Å². The molecule has 1 rings (SSSR count). The first kappa shape index (κ1) is 16.4. The van der Waals surface area contributed by atoms with Crippen molar-refractivity contribution in [3.63, 3.8) is 0 Å². The van der Waals surface area contributed by atoms with E-state index < -0.39 is 16.9 Å². The molecule has 0 bridgehead atoms. The molecule has 20 heavy (non-hydrogen) atoms. The number of nitrogens with zero attached hydrogens (tertiary/aromatic N) is 3. The minimum Gasteiger partial charge on any atom is -0.467 e. The number of ether oxygens (including phenoxy) is 1. The lowest BCUT2D eigenvalue weighted by molar-refractivity contribution is -0.384. The quantitative estimate of drug-likeness (QED) is 0.462. The zero-order valence-corrected chi connectivity index (χ0v) is 13.2. The van der Waals surface area contributed by atoms with Crippen LogP contribution in [0.1, 0.15) is 13.8 Å². The molecule has 1 aromatic heterocycles. The van der Waals surface area contributed by atoms with E-state index in [2.05, 4.69) is 20.9 Å². The maximum atomic E-state index is 11.9. The number of likely N-dealkylation sites (N-methyl/N-ethyl adjacent to an activating group) is 1. The number of esters is 1. The van der Waals surface area contributed by atoms with E-state index >= 15 is 0 Å². The van der Waals surface area contributed by atoms with E-state index in [1.54, 1.807) is 11.9 Å². The smallest absolute Gasteiger partial charge is 0.328 e. The fraction of sp³-hybridized carbons (Fsp3) is 0.500. The first-order valence-electron chi connectivity index (χ1n) is 5.89. The van der Waals surface area contributed by atoms with Crippen LogP contribution in [0.25, 0.3) is 0 Å². The molecule has 0 spiro atoms. The highest BCUT2D eigenvalue weighted by Crippen LogP contribution is 2.36. The average molecular weight is 346 g/mol. The van der Waals surface area contributed by atoms with E-state index in [1.165, 1.54) is 13.3 Å². The summed E-state index contributed by atoms with van der Waals surface area (Å²) in [5.74, 6) is -0.521. The van der Waals surface area contributed by atoms with Crippen molar-refractivity contribution in [1.82, 2.24) is 4.98 Å². The molecule has 0 radical (unpaired) electrons. The lowest BCUT2D eigenvalue weighted by Gasteiger charge is -2.30. The molecule has 0 fully saturated rings. The van der Waals surface area contributed by atoms with Gasteiger partial charge in [-0.3, -0.25) is 15.1 Å². The fourth-order valence-electron chi connectivity index (χ4n) is 2.04. The molecule has 8 heteroatoms. The van der Waals surface area contributed by atoms with Crippen LogP contribution in [0.4, 0.5) is 11.4 Å². The molecule has 0 unspecified atom stereocenters. The van der Waals surface area contributed by atoms with Crippen LogP contribution in [-0.4, -0.2) is 36.1 Å². The van der Waals surface area contributed by atoms with Crippen LogP contribution < -0.4 is 4.90 Å². The SMILES string of the molecule is COC(=O)[C@@H](C(C)C)N(C)c1c(Br)cncc1[N+](=O)[O-]. The van der Waals surface area contributed by atoms with Gasteiger partial charge in [0.2, 0.25) is 0 Å². The summed E-state index contributed by atoms with van der Waals surface area (Å²) in [6.07, 6.45) is 2.61. The number of methoxy groups -OCH3 is 1. The molecule has 0 N–H and O–H groups in total. The summed E-state index contributed by atoms with van der Waals surface area (Å²) in [5, 5.41) is 11.1. The Kier molecular flexibility index (Phi) is 5.43. The highest BCUT2D eigenvalue weighted by atomic mass is 79.9. The van der Waals surface area contributed by atoms with Gasteiger partial charge >= 0.3 is 11.7 Å². The first-order valence-corrected chi connectivity index (χ1v) is 6.69. The number of carbonyl (C=O) groups is 1. The van der Waals surface area contributed by atoms with Crippen LogP contribution in [-0.2, 0) is 9.53 Å². The van der Waals surface area contributed by atoms with Gasteiger partial charge in [-0.1, -0.05) is 13.8 Å². The van der Waals surface area contributed by atoms with Gasteiger partial charge in [-0.15, -0.1) is 0 Å². The monoisotopic (exact) mass is 345 g/mol. The van der Waals surface area contributed by atoms with Gasteiger partial charge in [0, 0.05) is 13.2 Å². The molecule has 7 nitrogen and oxygen atoms in total. The molecule has 0 aliphatic rings. The Balaban J connectivity index is 3.35. The molecule has 0 amide bonds. The Hall–Kier alpha value is -1.70. The molecule has 1 heterocycles. The maximum absolute atomic E-state index is 11.9. The Morgan fingerprint density at radius 1 is 1.50 bits per heavy atom. The zero-order chi connectivity index (χ0) is 15.4. The molecular formula is C12H16BrN3O4. The predicted octanol–water partition coefficient (Wildman–Crippen LogP) is 2.39. The lowest BCUT2D eigenvalue weighted by Crippen LogP contribution is -2.43. The number of halogens is 1. The summed E-state index contributed by atoms with van der Waals surface area (Å²) in [6, 6.07) is -0.627. The van der Waals surface area contributed by atoms with Crippen molar-refractivity contribution in [2.75, 3.05) is 19.1 Å². The van der Waals surface area contributed by atoms with E-state index in [4.69, 9.17) is 4.74 Å². The summed E-state index contributed by atoms with van der Waals surface area (Å²) >= 11 is 3.24. The van der Waals surface area contributed by atoms with Crippen molar-refractivity contribution in [2.24, 2.45) is 5.92 Å². The number of pyridine rings is 1. The van der Waals surface area contributed by atoms with Crippen LogP contribution in [0.3, 0.4) is 0 Å². The van der Waals surface area contributed by atoms with Crippen molar-refractivity contribution in [3.05, 3.63) is 27.0 Å². The number of carbonyl (C=O) groups excluding carboxylic acids is 1. The van der Waals surface area contributed by atoms with Gasteiger partial charge < -0.3 is 9.64 Å². The summed E-state index contributed by atoms with van der Waals surface area (Å²) in [5.41, 5.74) is 0.130. The summed E-state index contributed by atoms with van der Waals surface area (Å²) in [6.45, 7) is 3.69. The maximum Gasteiger partial charge on any atom is 0.328 e. The van der Waals surface area contributed by atoms with Crippen molar-refractivity contribution in [2.45, 2.75) is 19.9 Å². The second kappa shape index (κ2) is 6.65. The number of aromatic nitrogens is 1. The number of nitro groups is 1. The van der Waals surface area contributed by atoms with Gasteiger partial charge in [0.25, 0.3) is 0 Å². The molecule has 1 atom stereocenters. The third-order valence-corrected chi connectivity index (χ3v) is 3.47. The molecule has 0 aliphatic carbocycles. The van der Waals surface area contributed by atoms with Crippen molar-refractivity contribution >= 4 is 33.3 Å². The second-order valence-corrected chi connectivity index (χ2v) is 5.42. The van der Waals surface area contributed by atoms with Crippen molar-refractivity contribution in [3.8, 4) is 0 Å². The van der Waals surface area contributed by atoms with Crippen LogP contribution in [0.2, 0.25) is 0 Å². The van der Waals surface area contributed by atoms with Crippen molar-refractivity contribution < 1.29 is 14.5 Å². The van der Waals surface area contributed by atoms with Crippen molar-refractivity contribution in [1.29, 1.82) is 0 Å². The summed E-state index contributed by atoms with van der Waals surface area (Å²) < 4.78 is 5.22. The van der Waals surface area contributed by atoms with Crippen LogP contribution in [0.5, 0.6) is 0 Å². The van der Waals surface area contributed by atoms with Gasteiger partial charge in [0.05, 0.1) is 16.5 Å². The second-order valence-electron chi connectivity index (χ2n) is 4.57. The Labute approximate surface area is 125 Å². The molecule has 1 aromatic rings. The van der Waals surface area contributed by atoms with Crippen LogP contribution in [0, 0.1) is 16.0 Å². The van der Waals surface area contributed by atoms with Gasteiger partial charge in [-0.05, 0) is 21.8 Å². The van der Waals surface area contributed by atoms with Crippen LogP contribution >= 0.6 is 15.9 Å². The van der Waals surface area contributed by atoms with Gasteiger partial charge in [-0.2, -0.15) is 0 Å². The van der Waals surface area contributed by atoms with Gasteiger partial charge in [-0.25, -0.2) is 4.79 Å². The average Bonchev–Trinajstić information content (AvgIpc) is 2.37. The Morgan fingerprint density at radius 3 is 2.55 bits per heavy atom. The fourth-order valence-corrected chi connectivity index (χ4v) is 2.64. The van der Waals surface area contributed by atoms with E-state index in [0.29, 0.717) is 10.2 Å². The number of anilines is 1. The zero-order valence-electron chi connectivity index (χ0n) is 11.7. The third kappa shape index (κ3) is 3.24. The van der Waals surface area contributed by atoms with E-state index in [1.807, 2.05) is 13.8 Å². The number of hydrogen-bond acceptors (Lipinski definition) is 6. The largest absolute Gasteiger partial charge is 0.467 e. The summed E-state index contributed by atoms with van der Waals surface area (Å²) in [7, 11) is 2.91. The van der Waals surface area contributed by atoms with E-state index in [-0.39, 0.29) is 11.6 Å². The third-order valence-electron chi connectivity index (χ3n) is 2.89. The van der Waals surface area contributed by atoms with Gasteiger partial charge in [0.15, 0.2) is 0 Å². The first-order chi connectivity index (χ1) is 9.31. The Bertz CT molecular complexity index is 521. The standard InChI is InChI=1S/C12H16BrN3O4/c1-7(2)10(12(17)20-4)15(3)11-8(13)5-14-6-9(11)16(18)19/h5-7,10H,1-4H3/t10-/m1/s1. The number of hydrogen-bond donors (Lipinski definition) is 0. The molecule has 0 saturated carbocycles. The molecule has 110 valence electrons. The molecule has 0 aliphatic heterocycles. The highest BCUT2D eigenvalue weighted by molar-refractivity contribution is 9.10. The minimum atomic E-state index is -0.627. The van der Waals surface area contributed by atoms with E-state index in [9.17, 15) is 14.9 Å². The minimum absolute atomic E-state index is 0.0767. The molecule has 0 saturated heterocycles. The number of rotatable bonds is 5. The lowest BCUT2D eigenvalue weighted by atomic mass is 10.0. The predicted molar refractivity (Wildman–Crippen MR) is 77.6 cm³/mol.